The molecule has 0 aliphatic carbocycles. The summed E-state index contributed by atoms with van der Waals surface area (Å²) in [6, 6.07) is -0.718. The van der Waals surface area contributed by atoms with Crippen LogP contribution in [0.3, 0.4) is 0 Å². The molecule has 0 amide bonds. The number of quaternary nitrogens is 1. The van der Waals surface area contributed by atoms with Crippen molar-refractivity contribution in [3.63, 3.8) is 0 Å². The average molecular weight is 740 g/mol. The summed E-state index contributed by atoms with van der Waals surface area (Å²) < 4.78 is 17.2. The van der Waals surface area contributed by atoms with Crippen LogP contribution in [0.4, 0.5) is 0 Å². The van der Waals surface area contributed by atoms with Gasteiger partial charge >= 0.3 is 11.9 Å². The Morgan fingerprint density at radius 1 is 0.500 bits per heavy atom. The molecule has 0 saturated heterocycles. The van der Waals surface area contributed by atoms with Gasteiger partial charge in [-0.15, -0.1) is 0 Å². The van der Waals surface area contributed by atoms with Crippen molar-refractivity contribution in [3.8, 4) is 0 Å². The van der Waals surface area contributed by atoms with Gasteiger partial charge < -0.3 is 28.6 Å². The van der Waals surface area contributed by atoms with Gasteiger partial charge in [-0.2, -0.15) is 0 Å². The standard InChI is InChI=1S/C44H85NO7/c1-6-8-10-12-14-16-18-19-20-21-22-23-25-26-28-30-32-34-42(46)51-39-40(38-50-37-36-41(44(48)49)45(3,4)5)52-43(47)35-33-31-29-27-24-17-15-13-11-9-7-2/h40-41H,6-39H2,1-5H3. The second-order valence-corrected chi connectivity index (χ2v) is 16.3. The van der Waals surface area contributed by atoms with Gasteiger partial charge in [-0.25, -0.2) is 0 Å². The van der Waals surface area contributed by atoms with Crippen LogP contribution in [0, 0.1) is 0 Å². The molecule has 0 aromatic rings. The van der Waals surface area contributed by atoms with Crippen LogP contribution in [-0.2, 0) is 28.6 Å². The van der Waals surface area contributed by atoms with Crippen molar-refractivity contribution in [3.05, 3.63) is 0 Å². The van der Waals surface area contributed by atoms with E-state index in [4.69, 9.17) is 14.2 Å². The Hall–Kier alpha value is -1.67. The highest BCUT2D eigenvalue weighted by Gasteiger charge is 2.25. The van der Waals surface area contributed by atoms with Crippen LogP contribution in [0.1, 0.15) is 213 Å². The number of rotatable bonds is 40. The van der Waals surface area contributed by atoms with Crippen molar-refractivity contribution < 1.29 is 38.2 Å². The summed E-state index contributed by atoms with van der Waals surface area (Å²) in [7, 11) is 5.41. The van der Waals surface area contributed by atoms with E-state index in [0.29, 0.717) is 12.8 Å². The molecule has 0 aliphatic heterocycles. The summed E-state index contributed by atoms with van der Waals surface area (Å²) >= 11 is 0. The first-order valence-electron chi connectivity index (χ1n) is 22.1. The van der Waals surface area contributed by atoms with Gasteiger partial charge in [-0.05, 0) is 12.8 Å². The Bertz CT molecular complexity index is 828. The van der Waals surface area contributed by atoms with Gasteiger partial charge in [0.2, 0.25) is 0 Å². The maximum atomic E-state index is 12.7. The molecule has 0 aromatic carbocycles. The summed E-state index contributed by atoms with van der Waals surface area (Å²) in [5, 5.41) is 11.6. The summed E-state index contributed by atoms with van der Waals surface area (Å²) in [4.78, 5) is 36.8. The lowest BCUT2D eigenvalue weighted by Crippen LogP contribution is -2.55. The minimum absolute atomic E-state index is 0.0489. The number of carboxylic acids is 1. The van der Waals surface area contributed by atoms with Crippen LogP contribution in [0.25, 0.3) is 0 Å². The fourth-order valence-electron chi connectivity index (χ4n) is 6.78. The van der Waals surface area contributed by atoms with Crippen LogP contribution < -0.4 is 5.11 Å². The zero-order valence-corrected chi connectivity index (χ0v) is 35.0. The second kappa shape index (κ2) is 36.3. The maximum absolute atomic E-state index is 12.7. The number of hydrogen-bond donors (Lipinski definition) is 0. The first kappa shape index (κ1) is 50.3. The highest BCUT2D eigenvalue weighted by atomic mass is 16.6. The average Bonchev–Trinajstić information content (AvgIpc) is 3.09. The van der Waals surface area contributed by atoms with Gasteiger partial charge in [0.1, 0.15) is 12.6 Å². The predicted molar refractivity (Wildman–Crippen MR) is 213 cm³/mol. The van der Waals surface area contributed by atoms with Gasteiger partial charge in [0.05, 0.1) is 40.3 Å². The van der Waals surface area contributed by atoms with Gasteiger partial charge in [-0.1, -0.05) is 181 Å². The first-order valence-corrected chi connectivity index (χ1v) is 22.1. The largest absolute Gasteiger partial charge is 0.544 e. The SMILES string of the molecule is CCCCCCCCCCCCCCCCCCCC(=O)OCC(COCCC(C(=O)[O-])[N+](C)(C)C)OC(=O)CCCCCCCCCCCCC. The van der Waals surface area contributed by atoms with E-state index in [2.05, 4.69) is 13.8 Å². The fourth-order valence-corrected chi connectivity index (χ4v) is 6.78. The summed E-state index contributed by atoms with van der Waals surface area (Å²) in [6.45, 7) is 4.68. The fraction of sp³-hybridized carbons (Fsp3) is 0.932. The van der Waals surface area contributed by atoms with Crippen LogP contribution >= 0.6 is 0 Å². The van der Waals surface area contributed by atoms with Crippen LogP contribution in [0.2, 0.25) is 0 Å². The molecule has 0 heterocycles. The monoisotopic (exact) mass is 740 g/mol. The Morgan fingerprint density at radius 3 is 1.19 bits per heavy atom. The number of hydrogen-bond acceptors (Lipinski definition) is 7. The minimum Gasteiger partial charge on any atom is -0.544 e. The van der Waals surface area contributed by atoms with Crippen LogP contribution in [-0.4, -0.2) is 75.5 Å². The summed E-state index contributed by atoms with van der Waals surface area (Å²) in [5.41, 5.74) is 0. The molecule has 8 heteroatoms. The second-order valence-electron chi connectivity index (χ2n) is 16.3. The molecule has 2 atom stereocenters. The van der Waals surface area contributed by atoms with E-state index in [1.165, 1.54) is 141 Å². The number of nitrogens with zero attached hydrogens (tertiary/aromatic N) is 1. The topological polar surface area (TPSA) is 102 Å². The number of aliphatic carboxylic acids is 1. The molecule has 0 radical (unpaired) electrons. The molecule has 2 unspecified atom stereocenters. The molecule has 0 saturated carbocycles. The van der Waals surface area contributed by atoms with Crippen LogP contribution in [0.15, 0.2) is 0 Å². The lowest BCUT2D eigenvalue weighted by Gasteiger charge is -2.34. The molecule has 0 aromatic heterocycles. The molecule has 0 spiro atoms. The molecular formula is C44H85NO7. The Morgan fingerprint density at radius 2 is 0.846 bits per heavy atom. The Kier molecular flexibility index (Phi) is 35.1. The van der Waals surface area contributed by atoms with Gasteiger partial charge in [0.15, 0.2) is 6.10 Å². The molecule has 308 valence electrons. The molecule has 52 heavy (non-hydrogen) atoms. The molecule has 0 rings (SSSR count). The molecular weight excluding hydrogens is 654 g/mol. The minimum atomic E-state index is -1.12. The molecule has 0 fully saturated rings. The van der Waals surface area contributed by atoms with E-state index in [9.17, 15) is 19.5 Å². The Balaban J connectivity index is 4.25. The normalized spacial score (nSPS) is 12.9. The van der Waals surface area contributed by atoms with Gasteiger partial charge in [0, 0.05) is 19.3 Å². The van der Waals surface area contributed by atoms with Gasteiger partial charge in [0.25, 0.3) is 0 Å². The molecule has 0 aliphatic rings. The summed E-state index contributed by atoms with van der Waals surface area (Å²) in [6.07, 6.45) is 35.5. The van der Waals surface area contributed by atoms with Crippen molar-refractivity contribution >= 4 is 17.9 Å². The number of carbonyl (C=O) groups is 3. The quantitative estimate of drug-likeness (QED) is 0.0350. The molecule has 0 N–H and O–H groups in total. The lowest BCUT2D eigenvalue weighted by atomic mass is 10.0. The van der Waals surface area contributed by atoms with E-state index in [0.717, 1.165) is 38.5 Å². The third-order valence-electron chi connectivity index (χ3n) is 10.2. The Labute approximate surface area is 321 Å². The first-order chi connectivity index (χ1) is 25.1. The zero-order chi connectivity index (χ0) is 38.5. The number of likely N-dealkylation sites (N-methyl/N-ethyl adjacent to an activating group) is 1. The highest BCUT2D eigenvalue weighted by Crippen LogP contribution is 2.16. The smallest absolute Gasteiger partial charge is 0.306 e. The van der Waals surface area contributed by atoms with E-state index < -0.39 is 18.1 Å². The molecule has 8 nitrogen and oxygen atoms in total. The number of carboxylic acid groups (broad SMARTS) is 1. The number of ether oxygens (including phenoxy) is 3. The molecule has 0 bridgehead atoms. The van der Waals surface area contributed by atoms with Crippen molar-refractivity contribution in [2.24, 2.45) is 0 Å². The third kappa shape index (κ3) is 34.1. The highest BCUT2D eigenvalue weighted by molar-refractivity contribution is 5.70. The van der Waals surface area contributed by atoms with E-state index in [1.54, 1.807) is 21.1 Å². The van der Waals surface area contributed by atoms with E-state index in [-0.39, 0.29) is 42.7 Å². The number of unbranched alkanes of at least 4 members (excludes halogenated alkanes) is 26. The number of carbonyl (C=O) groups excluding carboxylic acids is 3. The van der Waals surface area contributed by atoms with Gasteiger partial charge in [-0.3, -0.25) is 9.59 Å². The van der Waals surface area contributed by atoms with Crippen molar-refractivity contribution in [2.75, 3.05) is 41.0 Å². The van der Waals surface area contributed by atoms with Crippen molar-refractivity contribution in [2.45, 2.75) is 225 Å². The van der Waals surface area contributed by atoms with Crippen LogP contribution in [0.5, 0.6) is 0 Å². The zero-order valence-electron chi connectivity index (χ0n) is 35.0. The maximum Gasteiger partial charge on any atom is 0.306 e. The van der Waals surface area contributed by atoms with Crippen molar-refractivity contribution in [1.82, 2.24) is 0 Å². The van der Waals surface area contributed by atoms with E-state index in [1.807, 2.05) is 0 Å². The van der Waals surface area contributed by atoms with E-state index >= 15 is 0 Å². The number of esters is 2. The third-order valence-corrected chi connectivity index (χ3v) is 10.2. The van der Waals surface area contributed by atoms with Crippen molar-refractivity contribution in [1.29, 1.82) is 0 Å². The lowest BCUT2D eigenvalue weighted by molar-refractivity contribution is -0.889. The summed E-state index contributed by atoms with van der Waals surface area (Å²) in [5.74, 6) is -1.72. The predicted octanol–water partition coefficient (Wildman–Crippen LogP) is 10.4.